The van der Waals surface area contributed by atoms with E-state index in [0.717, 1.165) is 10.6 Å². The van der Waals surface area contributed by atoms with Gasteiger partial charge in [-0.25, -0.2) is 5.48 Å². The third-order valence-electron chi connectivity index (χ3n) is 5.27. The number of benzene rings is 1. The Hall–Kier alpha value is -2.00. The predicted octanol–water partition coefficient (Wildman–Crippen LogP) is 4.46. The quantitative estimate of drug-likeness (QED) is 0.365. The summed E-state index contributed by atoms with van der Waals surface area (Å²) in [7, 11) is -1.90. The fourth-order valence-corrected chi connectivity index (χ4v) is 4.43. The third-order valence-corrected chi connectivity index (χ3v) is 10.9. The highest BCUT2D eigenvalue weighted by Gasteiger charge is 2.37. The third kappa shape index (κ3) is 6.24. The topological polar surface area (TPSA) is 78.9 Å². The van der Waals surface area contributed by atoms with Crippen molar-refractivity contribution in [1.82, 2.24) is 5.48 Å². The normalized spacial score (nSPS) is 11.9. The monoisotopic (exact) mass is 434 g/mol. The zero-order valence-corrected chi connectivity index (χ0v) is 19.5. The number of nitrogens with zero attached hydrogens (tertiary/aromatic N) is 1. The van der Waals surface area contributed by atoms with Crippen molar-refractivity contribution in [3.8, 4) is 0 Å². The molecule has 2 N–H and O–H groups in total. The molecule has 0 aliphatic heterocycles. The van der Waals surface area contributed by atoms with Crippen LogP contribution in [0.4, 0.5) is 5.69 Å². The molecule has 1 aromatic carbocycles. The number of rotatable bonds is 8. The van der Waals surface area contributed by atoms with Crippen LogP contribution in [-0.2, 0) is 15.6 Å². The molecule has 1 aromatic heterocycles. The highest BCUT2D eigenvalue weighted by atomic mass is 32.1. The zero-order chi connectivity index (χ0) is 21.7. The van der Waals surface area contributed by atoms with Gasteiger partial charge in [0.2, 0.25) is 5.91 Å². The van der Waals surface area contributed by atoms with E-state index in [1.807, 2.05) is 30.3 Å². The first-order chi connectivity index (χ1) is 13.5. The van der Waals surface area contributed by atoms with Crippen molar-refractivity contribution in [3.05, 3.63) is 52.2 Å². The van der Waals surface area contributed by atoms with Gasteiger partial charge in [-0.1, -0.05) is 39.0 Å². The summed E-state index contributed by atoms with van der Waals surface area (Å²) in [5.74, 6) is -0.635. The van der Waals surface area contributed by atoms with Gasteiger partial charge < -0.3 is 9.33 Å². The lowest BCUT2D eigenvalue weighted by atomic mass is 10.2. The van der Waals surface area contributed by atoms with Gasteiger partial charge in [-0.05, 0) is 42.4 Å². The molecule has 2 amide bonds. The lowest BCUT2D eigenvalue weighted by Gasteiger charge is -2.36. The maximum Gasteiger partial charge on any atom is 0.284 e. The summed E-state index contributed by atoms with van der Waals surface area (Å²) in [5, 5.41) is 8.86. The number of para-hydroxylation sites is 1. The molecular weight excluding hydrogens is 404 g/mol. The van der Waals surface area contributed by atoms with E-state index < -0.39 is 14.2 Å². The van der Waals surface area contributed by atoms with Crippen LogP contribution in [0.15, 0.2) is 42.5 Å². The molecule has 1 heterocycles. The number of carbonyl (C=O) groups is 2. The molecule has 29 heavy (non-hydrogen) atoms. The lowest BCUT2D eigenvalue weighted by Crippen LogP contribution is -2.43. The molecular formula is C21H30N2O4SSi. The number of amides is 2. The SMILES string of the molecule is CC(C)(C)[Si](C)(C)OCCN(C(=O)Cc1ccc(C(=O)NO)s1)c1ccccc1. The van der Waals surface area contributed by atoms with E-state index in [4.69, 9.17) is 9.63 Å². The summed E-state index contributed by atoms with van der Waals surface area (Å²) in [6.07, 6.45) is 0.179. The molecule has 8 heteroatoms. The van der Waals surface area contributed by atoms with E-state index in [2.05, 4.69) is 33.9 Å². The number of hydrogen-bond donors (Lipinski definition) is 2. The predicted molar refractivity (Wildman–Crippen MR) is 119 cm³/mol. The number of hydrogen-bond acceptors (Lipinski definition) is 5. The molecule has 0 radical (unpaired) electrons. The first-order valence-corrected chi connectivity index (χ1v) is 13.3. The summed E-state index contributed by atoms with van der Waals surface area (Å²) < 4.78 is 6.26. The molecule has 0 saturated heterocycles. The first kappa shape index (κ1) is 23.3. The summed E-state index contributed by atoms with van der Waals surface area (Å²) in [6.45, 7) is 11.9. The Balaban J connectivity index is 2.11. The van der Waals surface area contributed by atoms with Crippen molar-refractivity contribution >= 4 is 37.2 Å². The second-order valence-corrected chi connectivity index (χ2v) is 14.4. The van der Waals surface area contributed by atoms with Crippen molar-refractivity contribution in [2.24, 2.45) is 0 Å². The van der Waals surface area contributed by atoms with Gasteiger partial charge in [0, 0.05) is 17.1 Å². The number of carbonyl (C=O) groups excluding carboxylic acids is 2. The van der Waals surface area contributed by atoms with E-state index in [0.29, 0.717) is 18.0 Å². The number of hydroxylamine groups is 1. The Bertz CT molecular complexity index is 831. The van der Waals surface area contributed by atoms with Crippen LogP contribution in [0.3, 0.4) is 0 Å². The Morgan fingerprint density at radius 1 is 1.14 bits per heavy atom. The number of anilines is 1. The smallest absolute Gasteiger partial charge is 0.284 e. The molecule has 2 rings (SSSR count). The average molecular weight is 435 g/mol. The summed E-state index contributed by atoms with van der Waals surface area (Å²) >= 11 is 1.19. The van der Waals surface area contributed by atoms with Gasteiger partial charge in [-0.15, -0.1) is 11.3 Å². The maximum atomic E-state index is 13.1. The van der Waals surface area contributed by atoms with E-state index in [1.54, 1.807) is 22.5 Å². The van der Waals surface area contributed by atoms with Crippen LogP contribution >= 0.6 is 11.3 Å². The van der Waals surface area contributed by atoms with Gasteiger partial charge in [0.1, 0.15) is 0 Å². The van der Waals surface area contributed by atoms with Crippen LogP contribution < -0.4 is 10.4 Å². The van der Waals surface area contributed by atoms with Gasteiger partial charge in [0.15, 0.2) is 8.32 Å². The van der Waals surface area contributed by atoms with Crippen LogP contribution in [0.2, 0.25) is 18.1 Å². The molecule has 0 atom stereocenters. The van der Waals surface area contributed by atoms with Crippen molar-refractivity contribution in [3.63, 3.8) is 0 Å². The molecule has 2 aromatic rings. The highest BCUT2D eigenvalue weighted by Crippen LogP contribution is 2.36. The highest BCUT2D eigenvalue weighted by molar-refractivity contribution is 7.14. The van der Waals surface area contributed by atoms with Crippen LogP contribution in [0.25, 0.3) is 0 Å². The van der Waals surface area contributed by atoms with Crippen molar-refractivity contribution in [2.45, 2.75) is 45.3 Å². The first-order valence-electron chi connectivity index (χ1n) is 9.57. The second-order valence-electron chi connectivity index (χ2n) is 8.37. The average Bonchev–Trinajstić information content (AvgIpc) is 3.12. The molecule has 0 unspecified atom stereocenters. The van der Waals surface area contributed by atoms with Gasteiger partial charge in [-0.2, -0.15) is 0 Å². The fraction of sp³-hybridized carbons (Fsp3) is 0.429. The zero-order valence-electron chi connectivity index (χ0n) is 17.7. The van der Waals surface area contributed by atoms with Crippen molar-refractivity contribution in [1.29, 1.82) is 0 Å². The molecule has 6 nitrogen and oxygen atoms in total. The summed E-state index contributed by atoms with van der Waals surface area (Å²) in [6, 6.07) is 12.9. The molecule has 0 saturated carbocycles. The van der Waals surface area contributed by atoms with Gasteiger partial charge in [0.25, 0.3) is 5.91 Å². The minimum Gasteiger partial charge on any atom is -0.415 e. The van der Waals surface area contributed by atoms with Crippen molar-refractivity contribution < 1.29 is 19.2 Å². The second kappa shape index (κ2) is 9.66. The maximum absolute atomic E-state index is 13.1. The van der Waals surface area contributed by atoms with Crippen LogP contribution in [0.5, 0.6) is 0 Å². The molecule has 0 bridgehead atoms. The molecule has 158 valence electrons. The Labute approximate surface area is 177 Å². The minimum atomic E-state index is -1.90. The number of thiophene rings is 1. The summed E-state index contributed by atoms with van der Waals surface area (Å²) in [4.78, 5) is 27.4. The lowest BCUT2D eigenvalue weighted by molar-refractivity contribution is -0.118. The Kier molecular flexibility index (Phi) is 7.76. The van der Waals surface area contributed by atoms with Gasteiger partial charge in [0.05, 0.1) is 17.9 Å². The molecule has 0 aliphatic carbocycles. The van der Waals surface area contributed by atoms with E-state index >= 15 is 0 Å². The van der Waals surface area contributed by atoms with Crippen LogP contribution in [0, 0.1) is 0 Å². The van der Waals surface area contributed by atoms with Crippen LogP contribution in [-0.4, -0.2) is 38.5 Å². The summed E-state index contributed by atoms with van der Waals surface area (Å²) in [5.41, 5.74) is 2.43. The molecule has 0 spiro atoms. The Morgan fingerprint density at radius 3 is 2.38 bits per heavy atom. The standard InChI is InChI=1S/C21H30N2O4SSi/c1-21(2,3)29(4,5)27-14-13-23(16-9-7-6-8-10-16)19(24)15-17-11-12-18(28-17)20(25)22-26/h6-12,26H,13-15H2,1-5H3,(H,22,25). The molecule has 0 aliphatic rings. The molecule has 0 fully saturated rings. The van der Waals surface area contributed by atoms with Gasteiger partial charge >= 0.3 is 0 Å². The van der Waals surface area contributed by atoms with Crippen molar-refractivity contribution in [2.75, 3.05) is 18.1 Å². The van der Waals surface area contributed by atoms with E-state index in [9.17, 15) is 9.59 Å². The van der Waals surface area contributed by atoms with E-state index in [1.165, 1.54) is 11.3 Å². The fourth-order valence-electron chi connectivity index (χ4n) is 2.51. The van der Waals surface area contributed by atoms with Gasteiger partial charge in [-0.3, -0.25) is 14.8 Å². The Morgan fingerprint density at radius 2 is 1.79 bits per heavy atom. The largest absolute Gasteiger partial charge is 0.415 e. The van der Waals surface area contributed by atoms with E-state index in [-0.39, 0.29) is 17.4 Å². The number of nitrogens with one attached hydrogen (secondary N) is 1. The minimum absolute atomic E-state index is 0.0622. The van der Waals surface area contributed by atoms with Crippen LogP contribution in [0.1, 0.15) is 35.3 Å².